The van der Waals surface area contributed by atoms with Crippen LogP contribution < -0.4 is 5.32 Å². The Balaban J connectivity index is 2.94. The molecule has 0 aliphatic heterocycles. The number of ether oxygens (including phenoxy) is 1. The van der Waals surface area contributed by atoms with Crippen LogP contribution in [0, 0.1) is 0 Å². The van der Waals surface area contributed by atoms with Gasteiger partial charge in [0.1, 0.15) is 11.4 Å². The molecule has 16 heavy (non-hydrogen) atoms. The predicted octanol–water partition coefficient (Wildman–Crippen LogP) is 1.61. The van der Waals surface area contributed by atoms with Gasteiger partial charge in [0.25, 0.3) is 0 Å². The number of nitrogens with zero attached hydrogens (tertiary/aromatic N) is 1. The lowest BCUT2D eigenvalue weighted by Crippen LogP contribution is -2.16. The molecule has 1 aromatic heterocycles. The van der Waals surface area contributed by atoms with Crippen LogP contribution in [-0.2, 0) is 9.53 Å². The van der Waals surface area contributed by atoms with Crippen molar-refractivity contribution in [2.75, 3.05) is 5.32 Å². The highest BCUT2D eigenvalue weighted by atomic mass is 16.5. The Hall–Kier alpha value is -1.91. The third-order valence-corrected chi connectivity index (χ3v) is 1.66. The SMILES string of the molecule is CC(=O)Nc1ncccc1C(=O)OC(C)C. The van der Waals surface area contributed by atoms with Crippen LogP contribution in [-0.4, -0.2) is 23.0 Å². The van der Waals surface area contributed by atoms with Crippen LogP contribution in [0.3, 0.4) is 0 Å². The molecule has 1 aromatic rings. The number of esters is 1. The molecule has 0 aliphatic rings. The van der Waals surface area contributed by atoms with Gasteiger partial charge in [0, 0.05) is 13.1 Å². The molecule has 1 amide bonds. The second-order valence-corrected chi connectivity index (χ2v) is 3.53. The van der Waals surface area contributed by atoms with Gasteiger partial charge >= 0.3 is 5.97 Å². The molecular formula is C11H14N2O3. The smallest absolute Gasteiger partial charge is 0.342 e. The van der Waals surface area contributed by atoms with Crippen molar-refractivity contribution >= 4 is 17.7 Å². The number of hydrogen-bond acceptors (Lipinski definition) is 4. The first-order valence-electron chi connectivity index (χ1n) is 4.94. The number of carbonyl (C=O) groups is 2. The van der Waals surface area contributed by atoms with Crippen molar-refractivity contribution in [3.05, 3.63) is 23.9 Å². The number of aromatic nitrogens is 1. The monoisotopic (exact) mass is 222 g/mol. The Kier molecular flexibility index (Phi) is 3.99. The molecule has 0 radical (unpaired) electrons. The number of pyridine rings is 1. The summed E-state index contributed by atoms with van der Waals surface area (Å²) in [6.45, 7) is 4.87. The molecule has 0 spiro atoms. The second kappa shape index (κ2) is 5.25. The van der Waals surface area contributed by atoms with Crippen molar-refractivity contribution in [1.82, 2.24) is 4.98 Å². The van der Waals surface area contributed by atoms with Crippen molar-refractivity contribution < 1.29 is 14.3 Å². The summed E-state index contributed by atoms with van der Waals surface area (Å²) in [5.74, 6) is -0.551. The van der Waals surface area contributed by atoms with Gasteiger partial charge in [0.2, 0.25) is 5.91 Å². The second-order valence-electron chi connectivity index (χ2n) is 3.53. The van der Waals surface area contributed by atoms with Crippen LogP contribution in [0.25, 0.3) is 0 Å². The lowest BCUT2D eigenvalue weighted by atomic mass is 10.2. The number of anilines is 1. The molecule has 0 saturated heterocycles. The summed E-state index contributed by atoms with van der Waals surface area (Å²) in [6, 6.07) is 3.17. The van der Waals surface area contributed by atoms with Crippen molar-refractivity contribution in [2.24, 2.45) is 0 Å². The third-order valence-electron chi connectivity index (χ3n) is 1.66. The minimum absolute atomic E-state index is 0.210. The molecule has 0 saturated carbocycles. The Morgan fingerprint density at radius 2 is 2.12 bits per heavy atom. The molecular weight excluding hydrogens is 208 g/mol. The summed E-state index contributed by atoms with van der Waals surface area (Å²) in [7, 11) is 0. The number of hydrogen-bond donors (Lipinski definition) is 1. The summed E-state index contributed by atoms with van der Waals surface area (Å²) >= 11 is 0. The van der Waals surface area contributed by atoms with E-state index in [0.29, 0.717) is 0 Å². The van der Waals surface area contributed by atoms with E-state index >= 15 is 0 Å². The van der Waals surface area contributed by atoms with E-state index in [4.69, 9.17) is 4.74 Å². The standard InChI is InChI=1S/C11H14N2O3/c1-7(2)16-11(15)9-5-4-6-12-10(9)13-8(3)14/h4-7H,1-3H3,(H,12,13,14). The predicted molar refractivity (Wildman–Crippen MR) is 59.1 cm³/mol. The minimum atomic E-state index is -0.494. The van der Waals surface area contributed by atoms with Crippen LogP contribution in [0.5, 0.6) is 0 Å². The van der Waals surface area contributed by atoms with Crippen molar-refractivity contribution in [3.8, 4) is 0 Å². The van der Waals surface area contributed by atoms with E-state index in [1.807, 2.05) is 0 Å². The lowest BCUT2D eigenvalue weighted by molar-refractivity contribution is -0.114. The maximum absolute atomic E-state index is 11.6. The van der Waals surface area contributed by atoms with Gasteiger partial charge in [-0.3, -0.25) is 4.79 Å². The largest absolute Gasteiger partial charge is 0.459 e. The Bertz CT molecular complexity index is 402. The van der Waals surface area contributed by atoms with Gasteiger partial charge in [-0.25, -0.2) is 9.78 Å². The first kappa shape index (κ1) is 12.2. The van der Waals surface area contributed by atoms with Crippen LogP contribution in [0.4, 0.5) is 5.82 Å². The molecule has 1 N–H and O–H groups in total. The lowest BCUT2D eigenvalue weighted by Gasteiger charge is -2.10. The fraction of sp³-hybridized carbons (Fsp3) is 0.364. The topological polar surface area (TPSA) is 68.3 Å². The van der Waals surface area contributed by atoms with E-state index < -0.39 is 5.97 Å². The summed E-state index contributed by atoms with van der Waals surface area (Å²) in [6.07, 6.45) is 1.29. The number of nitrogens with one attached hydrogen (secondary N) is 1. The molecule has 0 fully saturated rings. The van der Waals surface area contributed by atoms with Gasteiger partial charge in [-0.05, 0) is 26.0 Å². The minimum Gasteiger partial charge on any atom is -0.459 e. The van der Waals surface area contributed by atoms with Gasteiger partial charge in [-0.1, -0.05) is 0 Å². The fourth-order valence-corrected chi connectivity index (χ4v) is 1.11. The van der Waals surface area contributed by atoms with Crippen molar-refractivity contribution in [1.29, 1.82) is 0 Å². The molecule has 0 aliphatic carbocycles. The third kappa shape index (κ3) is 3.34. The van der Waals surface area contributed by atoms with Gasteiger partial charge in [-0.2, -0.15) is 0 Å². The quantitative estimate of drug-likeness (QED) is 0.789. The zero-order valence-electron chi connectivity index (χ0n) is 9.48. The van der Waals surface area contributed by atoms with Gasteiger partial charge < -0.3 is 10.1 Å². The number of amides is 1. The molecule has 5 nitrogen and oxygen atoms in total. The normalized spacial score (nSPS) is 10.0. The zero-order valence-corrected chi connectivity index (χ0v) is 9.48. The van der Waals surface area contributed by atoms with E-state index in [-0.39, 0.29) is 23.4 Å². The van der Waals surface area contributed by atoms with Crippen molar-refractivity contribution in [2.45, 2.75) is 26.9 Å². The Morgan fingerprint density at radius 3 is 2.69 bits per heavy atom. The van der Waals surface area contributed by atoms with E-state index in [2.05, 4.69) is 10.3 Å². The molecule has 0 unspecified atom stereocenters. The highest BCUT2D eigenvalue weighted by Gasteiger charge is 2.15. The average Bonchev–Trinajstić information content (AvgIpc) is 2.16. The average molecular weight is 222 g/mol. The maximum atomic E-state index is 11.6. The Morgan fingerprint density at radius 1 is 1.44 bits per heavy atom. The van der Waals surface area contributed by atoms with Crippen LogP contribution >= 0.6 is 0 Å². The number of rotatable bonds is 3. The molecule has 0 bridgehead atoms. The fourth-order valence-electron chi connectivity index (χ4n) is 1.11. The van der Waals surface area contributed by atoms with E-state index in [0.717, 1.165) is 0 Å². The van der Waals surface area contributed by atoms with Crippen LogP contribution in [0.1, 0.15) is 31.1 Å². The molecule has 0 aromatic carbocycles. The highest BCUT2D eigenvalue weighted by Crippen LogP contribution is 2.13. The van der Waals surface area contributed by atoms with Crippen LogP contribution in [0.2, 0.25) is 0 Å². The first-order chi connectivity index (χ1) is 7.50. The van der Waals surface area contributed by atoms with E-state index in [9.17, 15) is 9.59 Å². The van der Waals surface area contributed by atoms with E-state index in [1.54, 1.807) is 26.0 Å². The van der Waals surface area contributed by atoms with Gasteiger partial charge in [-0.15, -0.1) is 0 Å². The maximum Gasteiger partial charge on any atom is 0.342 e. The Labute approximate surface area is 93.8 Å². The summed E-state index contributed by atoms with van der Waals surface area (Å²) < 4.78 is 5.03. The molecule has 0 atom stereocenters. The molecule has 5 heteroatoms. The van der Waals surface area contributed by atoms with Gasteiger partial charge in [0.15, 0.2) is 0 Å². The summed E-state index contributed by atoms with van der Waals surface area (Å²) in [5.41, 5.74) is 0.256. The zero-order chi connectivity index (χ0) is 12.1. The molecule has 1 heterocycles. The van der Waals surface area contributed by atoms with Crippen LogP contribution in [0.15, 0.2) is 18.3 Å². The molecule has 1 rings (SSSR count). The molecule has 86 valence electrons. The first-order valence-corrected chi connectivity index (χ1v) is 4.94. The summed E-state index contributed by atoms with van der Waals surface area (Å²) in [5, 5.41) is 2.48. The summed E-state index contributed by atoms with van der Waals surface area (Å²) in [4.78, 5) is 26.5. The van der Waals surface area contributed by atoms with Crippen molar-refractivity contribution in [3.63, 3.8) is 0 Å². The van der Waals surface area contributed by atoms with Gasteiger partial charge in [0.05, 0.1) is 6.10 Å². The number of carbonyl (C=O) groups excluding carboxylic acids is 2. The van der Waals surface area contributed by atoms with E-state index in [1.165, 1.54) is 13.1 Å². The highest BCUT2D eigenvalue weighted by molar-refractivity contribution is 5.99.